The van der Waals surface area contributed by atoms with Crippen molar-refractivity contribution >= 4 is 50.5 Å². The Morgan fingerprint density at radius 2 is 1.81 bits per heavy atom. The molecule has 0 radical (unpaired) electrons. The third-order valence-electron chi connectivity index (χ3n) is 4.72. The average Bonchev–Trinajstić information content (AvgIpc) is 3.12. The number of carbonyl (C=O) groups excluding carboxylic acids is 2. The van der Waals surface area contributed by atoms with Gasteiger partial charge in [0.05, 0.1) is 6.21 Å². The Morgan fingerprint density at radius 1 is 1.03 bits per heavy atom. The Bertz CT molecular complexity index is 1320. The van der Waals surface area contributed by atoms with Gasteiger partial charge in [0.15, 0.2) is 0 Å². The molecule has 1 heterocycles. The van der Waals surface area contributed by atoms with E-state index in [9.17, 15) is 14.0 Å². The van der Waals surface area contributed by atoms with Gasteiger partial charge in [0.25, 0.3) is 5.91 Å². The number of amides is 2. The molecule has 0 aliphatic carbocycles. The maximum absolute atomic E-state index is 13.1. The van der Waals surface area contributed by atoms with Gasteiger partial charge in [-0.15, -0.1) is 0 Å². The zero-order valence-corrected chi connectivity index (χ0v) is 18.3. The van der Waals surface area contributed by atoms with Crippen molar-refractivity contribution in [3.05, 3.63) is 100 Å². The summed E-state index contributed by atoms with van der Waals surface area (Å²) in [5.74, 6) is -0.941. The second-order valence-corrected chi connectivity index (χ2v) is 7.91. The van der Waals surface area contributed by atoms with Gasteiger partial charge in [-0.25, -0.2) is 9.82 Å². The van der Waals surface area contributed by atoms with E-state index in [0.717, 1.165) is 20.9 Å². The monoisotopic (exact) mass is 492 g/mol. The van der Waals surface area contributed by atoms with Crippen LogP contribution in [0.1, 0.15) is 15.9 Å². The van der Waals surface area contributed by atoms with Crippen LogP contribution >= 0.6 is 15.9 Å². The molecular formula is C24H18BrFN4O2. The summed E-state index contributed by atoms with van der Waals surface area (Å²) in [6.07, 6.45) is 3.34. The summed E-state index contributed by atoms with van der Waals surface area (Å²) >= 11 is 3.34. The largest absolute Gasteiger partial charge is 0.337 e. The number of halogens is 2. The molecule has 2 amide bonds. The van der Waals surface area contributed by atoms with Crippen LogP contribution in [0.15, 0.2) is 88.6 Å². The highest BCUT2D eigenvalue weighted by Crippen LogP contribution is 2.20. The van der Waals surface area contributed by atoms with Crippen molar-refractivity contribution in [1.29, 1.82) is 0 Å². The van der Waals surface area contributed by atoms with Gasteiger partial charge in [-0.1, -0.05) is 40.2 Å². The molecule has 0 atom stereocenters. The fourth-order valence-corrected chi connectivity index (χ4v) is 3.65. The van der Waals surface area contributed by atoms with Crippen LogP contribution in [0.4, 0.5) is 10.1 Å². The Labute approximate surface area is 191 Å². The zero-order valence-electron chi connectivity index (χ0n) is 16.8. The first-order chi connectivity index (χ1) is 15.5. The summed E-state index contributed by atoms with van der Waals surface area (Å²) in [6.45, 7) is 0.0656. The average molecular weight is 493 g/mol. The van der Waals surface area contributed by atoms with E-state index in [1.54, 1.807) is 35.2 Å². The van der Waals surface area contributed by atoms with E-state index in [1.807, 2.05) is 30.3 Å². The molecule has 0 spiro atoms. The molecule has 0 unspecified atom stereocenters. The van der Waals surface area contributed by atoms with Gasteiger partial charge in [0.1, 0.15) is 12.4 Å². The topological polar surface area (TPSA) is 75.5 Å². The third kappa shape index (κ3) is 5.09. The van der Waals surface area contributed by atoms with E-state index in [0.29, 0.717) is 11.3 Å². The minimum atomic E-state index is -0.365. The highest BCUT2D eigenvalue weighted by molar-refractivity contribution is 9.10. The van der Waals surface area contributed by atoms with Crippen LogP contribution in [0.3, 0.4) is 0 Å². The molecule has 3 aromatic carbocycles. The van der Waals surface area contributed by atoms with Crippen LogP contribution in [0.25, 0.3) is 10.9 Å². The number of hydrazone groups is 1. The number of carbonyl (C=O) groups is 2. The number of anilines is 1. The summed E-state index contributed by atoms with van der Waals surface area (Å²) in [4.78, 5) is 24.8. The van der Waals surface area contributed by atoms with Gasteiger partial charge in [-0.2, -0.15) is 5.10 Å². The maximum atomic E-state index is 13.1. The molecule has 0 bridgehead atoms. The molecule has 4 rings (SSSR count). The van der Waals surface area contributed by atoms with Gasteiger partial charge in [-0.3, -0.25) is 9.59 Å². The highest BCUT2D eigenvalue weighted by Gasteiger charge is 2.11. The van der Waals surface area contributed by atoms with Gasteiger partial charge in [0.2, 0.25) is 5.91 Å². The Morgan fingerprint density at radius 3 is 2.59 bits per heavy atom. The molecule has 0 saturated carbocycles. The lowest BCUT2D eigenvalue weighted by molar-refractivity contribution is -0.116. The van der Waals surface area contributed by atoms with Crippen molar-refractivity contribution in [1.82, 2.24) is 9.99 Å². The maximum Gasteiger partial charge on any atom is 0.271 e. The third-order valence-corrected chi connectivity index (χ3v) is 5.21. The number of rotatable bonds is 6. The number of hydrogen-bond acceptors (Lipinski definition) is 3. The van der Waals surface area contributed by atoms with E-state index >= 15 is 0 Å². The zero-order chi connectivity index (χ0) is 22.5. The molecule has 1 aromatic heterocycles. The molecule has 32 heavy (non-hydrogen) atoms. The molecule has 0 fully saturated rings. The Hall–Kier alpha value is -3.78. The first kappa shape index (κ1) is 21.5. The van der Waals surface area contributed by atoms with Gasteiger partial charge in [-0.05, 0) is 48.5 Å². The van der Waals surface area contributed by atoms with Crippen molar-refractivity contribution < 1.29 is 14.0 Å². The van der Waals surface area contributed by atoms with Crippen LogP contribution in [0.2, 0.25) is 0 Å². The first-order valence-electron chi connectivity index (χ1n) is 9.72. The van der Waals surface area contributed by atoms with E-state index in [2.05, 4.69) is 31.8 Å². The van der Waals surface area contributed by atoms with Gasteiger partial charge < -0.3 is 9.88 Å². The van der Waals surface area contributed by atoms with Crippen LogP contribution in [-0.4, -0.2) is 22.6 Å². The molecule has 2 N–H and O–H groups in total. The summed E-state index contributed by atoms with van der Waals surface area (Å²) in [6, 6.07) is 20.2. The molecule has 0 aliphatic heterocycles. The normalized spacial score (nSPS) is 11.1. The second kappa shape index (κ2) is 9.57. The second-order valence-electron chi connectivity index (χ2n) is 6.99. The highest BCUT2D eigenvalue weighted by atomic mass is 79.9. The number of aromatic nitrogens is 1. The van der Waals surface area contributed by atoms with E-state index in [1.165, 1.54) is 24.3 Å². The van der Waals surface area contributed by atoms with Crippen LogP contribution in [-0.2, 0) is 11.3 Å². The van der Waals surface area contributed by atoms with Gasteiger partial charge >= 0.3 is 0 Å². The molecule has 8 heteroatoms. The van der Waals surface area contributed by atoms with E-state index in [-0.39, 0.29) is 24.2 Å². The standard InChI is InChI=1S/C24H18BrFN4O2/c25-18-5-3-4-16(12-18)24(32)29-27-13-17-14-30(22-7-2-1-6-21(17)22)15-23(31)28-20-10-8-19(26)9-11-20/h1-14H,15H2,(H,28,31)(H,29,32)/b27-13-. The number of hydrogen-bond donors (Lipinski definition) is 2. The van der Waals surface area contributed by atoms with Crippen molar-refractivity contribution in [3.8, 4) is 0 Å². The number of nitrogens with zero attached hydrogens (tertiary/aromatic N) is 2. The fourth-order valence-electron chi connectivity index (χ4n) is 3.25. The van der Waals surface area contributed by atoms with Crippen LogP contribution < -0.4 is 10.7 Å². The first-order valence-corrected chi connectivity index (χ1v) is 10.5. The summed E-state index contributed by atoms with van der Waals surface area (Å²) in [5, 5.41) is 7.72. The Balaban J connectivity index is 1.49. The predicted molar refractivity (Wildman–Crippen MR) is 126 cm³/mol. The van der Waals surface area contributed by atoms with Crippen molar-refractivity contribution in [2.45, 2.75) is 6.54 Å². The number of nitrogens with one attached hydrogen (secondary N) is 2. The van der Waals surface area contributed by atoms with Crippen molar-refractivity contribution in [3.63, 3.8) is 0 Å². The number of benzene rings is 3. The summed E-state index contributed by atoms with van der Waals surface area (Å²) < 4.78 is 15.7. The minimum Gasteiger partial charge on any atom is -0.337 e. The molecule has 4 aromatic rings. The van der Waals surface area contributed by atoms with Crippen molar-refractivity contribution in [2.24, 2.45) is 5.10 Å². The van der Waals surface area contributed by atoms with Crippen LogP contribution in [0, 0.1) is 5.82 Å². The summed E-state index contributed by atoms with van der Waals surface area (Å²) in [5.41, 5.74) is 5.12. The lowest BCUT2D eigenvalue weighted by Crippen LogP contribution is -2.18. The van der Waals surface area contributed by atoms with Crippen LogP contribution in [0.5, 0.6) is 0 Å². The van der Waals surface area contributed by atoms with E-state index < -0.39 is 0 Å². The number of fused-ring (bicyclic) bond motifs is 1. The SMILES string of the molecule is O=C(Cn1cc(/C=N\NC(=O)c2cccc(Br)c2)c2ccccc21)Nc1ccc(F)cc1. The molecule has 0 aliphatic rings. The predicted octanol–water partition coefficient (Wildman–Crippen LogP) is 4.95. The Kier molecular flexibility index (Phi) is 6.42. The molecule has 6 nitrogen and oxygen atoms in total. The molecular weight excluding hydrogens is 475 g/mol. The smallest absolute Gasteiger partial charge is 0.271 e. The molecule has 160 valence electrons. The molecule has 0 saturated heterocycles. The lowest BCUT2D eigenvalue weighted by Gasteiger charge is -2.07. The fraction of sp³-hybridized carbons (Fsp3) is 0.0417. The van der Waals surface area contributed by atoms with Gasteiger partial charge in [0, 0.05) is 38.4 Å². The minimum absolute atomic E-state index is 0.0656. The lowest BCUT2D eigenvalue weighted by atomic mass is 10.2. The summed E-state index contributed by atoms with van der Waals surface area (Å²) in [7, 11) is 0. The number of para-hydroxylation sites is 1. The van der Waals surface area contributed by atoms with Crippen molar-refractivity contribution in [2.75, 3.05) is 5.32 Å². The van der Waals surface area contributed by atoms with E-state index in [4.69, 9.17) is 0 Å². The quantitative estimate of drug-likeness (QED) is 0.295.